The Labute approximate surface area is 164 Å². The average Bonchev–Trinajstić information content (AvgIpc) is 3.11. The minimum Gasteiger partial charge on any atom is -0.444 e. The maximum Gasteiger partial charge on any atom is 0.410 e. The minimum atomic E-state index is -0.474. The van der Waals surface area contributed by atoms with Crippen LogP contribution in [-0.2, 0) is 4.74 Å². The lowest BCUT2D eigenvalue weighted by Gasteiger charge is -2.36. The highest BCUT2D eigenvalue weighted by Gasteiger charge is 2.26. The third-order valence-electron chi connectivity index (χ3n) is 4.69. The fraction of sp³-hybridized carbons (Fsp3) is 0.381. The van der Waals surface area contributed by atoms with Gasteiger partial charge in [-0.15, -0.1) is 0 Å². The van der Waals surface area contributed by atoms with Gasteiger partial charge in [0.25, 0.3) is 0 Å². The van der Waals surface area contributed by atoms with E-state index in [9.17, 15) is 4.79 Å². The number of piperazine rings is 1. The number of carbonyl (C=O) groups excluding carboxylic acids is 1. The Hall–Kier alpha value is -3.09. The summed E-state index contributed by atoms with van der Waals surface area (Å²) in [6, 6.07) is 12.0. The van der Waals surface area contributed by atoms with Crippen LogP contribution in [0, 0.1) is 0 Å². The SMILES string of the molecule is CC(C)(C)OC(=O)N1CCN(c2cccc(-c3cnn4ccccc34)n2)CC1. The molecule has 7 heteroatoms. The van der Waals surface area contributed by atoms with Crippen LogP contribution in [0.25, 0.3) is 16.8 Å². The van der Waals surface area contributed by atoms with E-state index in [0.717, 1.165) is 35.7 Å². The highest BCUT2D eigenvalue weighted by molar-refractivity contribution is 5.78. The fourth-order valence-corrected chi connectivity index (χ4v) is 3.33. The molecule has 0 radical (unpaired) electrons. The molecule has 0 bridgehead atoms. The molecule has 0 spiro atoms. The molecule has 3 aromatic rings. The Morgan fingerprint density at radius 1 is 1.04 bits per heavy atom. The van der Waals surface area contributed by atoms with Crippen LogP contribution >= 0.6 is 0 Å². The van der Waals surface area contributed by atoms with E-state index in [2.05, 4.69) is 10.00 Å². The van der Waals surface area contributed by atoms with Crippen LogP contribution < -0.4 is 4.90 Å². The Bertz CT molecular complexity index is 984. The molecule has 1 aliphatic rings. The second kappa shape index (κ2) is 7.14. The molecule has 0 unspecified atom stereocenters. The number of aromatic nitrogens is 3. The van der Waals surface area contributed by atoms with Gasteiger partial charge >= 0.3 is 6.09 Å². The molecule has 0 atom stereocenters. The van der Waals surface area contributed by atoms with Gasteiger partial charge in [0.1, 0.15) is 11.4 Å². The van der Waals surface area contributed by atoms with Gasteiger partial charge in [0.2, 0.25) is 0 Å². The van der Waals surface area contributed by atoms with E-state index in [-0.39, 0.29) is 6.09 Å². The first-order chi connectivity index (χ1) is 13.4. The number of anilines is 1. The first-order valence-electron chi connectivity index (χ1n) is 9.53. The zero-order valence-corrected chi connectivity index (χ0v) is 16.5. The Kier molecular flexibility index (Phi) is 4.66. The van der Waals surface area contributed by atoms with Crippen molar-refractivity contribution in [3.05, 3.63) is 48.8 Å². The van der Waals surface area contributed by atoms with Gasteiger partial charge in [-0.05, 0) is 45.0 Å². The molecule has 7 nitrogen and oxygen atoms in total. The molecule has 1 fully saturated rings. The van der Waals surface area contributed by atoms with Crippen molar-refractivity contribution < 1.29 is 9.53 Å². The summed E-state index contributed by atoms with van der Waals surface area (Å²) >= 11 is 0. The third-order valence-corrected chi connectivity index (χ3v) is 4.69. The van der Waals surface area contributed by atoms with Crippen LogP contribution in [0.5, 0.6) is 0 Å². The Balaban J connectivity index is 1.48. The van der Waals surface area contributed by atoms with Gasteiger partial charge in [0.15, 0.2) is 0 Å². The summed E-state index contributed by atoms with van der Waals surface area (Å²) in [7, 11) is 0. The van der Waals surface area contributed by atoms with E-state index in [1.165, 1.54) is 0 Å². The van der Waals surface area contributed by atoms with Gasteiger partial charge < -0.3 is 14.5 Å². The number of amides is 1. The number of pyridine rings is 2. The van der Waals surface area contributed by atoms with E-state index in [0.29, 0.717) is 13.1 Å². The van der Waals surface area contributed by atoms with Gasteiger partial charge in [-0.2, -0.15) is 5.10 Å². The van der Waals surface area contributed by atoms with E-state index in [4.69, 9.17) is 9.72 Å². The zero-order valence-electron chi connectivity index (χ0n) is 16.5. The lowest BCUT2D eigenvalue weighted by Crippen LogP contribution is -2.50. The molecule has 28 heavy (non-hydrogen) atoms. The number of rotatable bonds is 2. The van der Waals surface area contributed by atoms with Crippen LogP contribution in [0.15, 0.2) is 48.8 Å². The average molecular weight is 379 g/mol. The third kappa shape index (κ3) is 3.78. The number of ether oxygens (including phenoxy) is 1. The van der Waals surface area contributed by atoms with Crippen molar-refractivity contribution in [2.45, 2.75) is 26.4 Å². The Morgan fingerprint density at radius 2 is 1.82 bits per heavy atom. The molecular weight excluding hydrogens is 354 g/mol. The molecule has 1 amide bonds. The maximum absolute atomic E-state index is 12.3. The number of hydrogen-bond acceptors (Lipinski definition) is 5. The molecule has 0 N–H and O–H groups in total. The second-order valence-electron chi connectivity index (χ2n) is 7.92. The van der Waals surface area contributed by atoms with Crippen LogP contribution in [0.3, 0.4) is 0 Å². The zero-order chi connectivity index (χ0) is 19.7. The molecule has 1 aliphatic heterocycles. The number of fused-ring (bicyclic) bond motifs is 1. The van der Waals surface area contributed by atoms with Crippen molar-refractivity contribution in [1.82, 2.24) is 19.5 Å². The highest BCUT2D eigenvalue weighted by atomic mass is 16.6. The standard InChI is InChI=1S/C21H25N5O2/c1-21(2,3)28-20(27)25-13-11-24(12-14-25)19-9-6-7-17(23-19)16-15-22-26-10-5-4-8-18(16)26/h4-10,15H,11-14H2,1-3H3. The van der Waals surface area contributed by atoms with E-state index >= 15 is 0 Å². The lowest BCUT2D eigenvalue weighted by atomic mass is 10.2. The highest BCUT2D eigenvalue weighted by Crippen LogP contribution is 2.25. The quantitative estimate of drug-likeness (QED) is 0.682. The number of carbonyl (C=O) groups is 1. The van der Waals surface area contributed by atoms with E-state index < -0.39 is 5.60 Å². The van der Waals surface area contributed by atoms with E-state index in [1.54, 1.807) is 4.90 Å². The molecule has 146 valence electrons. The Morgan fingerprint density at radius 3 is 2.57 bits per heavy atom. The van der Waals surface area contributed by atoms with Crippen LogP contribution in [0.1, 0.15) is 20.8 Å². The predicted octanol–water partition coefficient (Wildman–Crippen LogP) is 3.45. The summed E-state index contributed by atoms with van der Waals surface area (Å²) in [4.78, 5) is 21.1. The molecule has 3 aromatic heterocycles. The maximum atomic E-state index is 12.3. The lowest BCUT2D eigenvalue weighted by molar-refractivity contribution is 0.0240. The monoisotopic (exact) mass is 379 g/mol. The summed E-state index contributed by atoms with van der Waals surface area (Å²) in [6.07, 6.45) is 3.53. The molecule has 4 rings (SSSR count). The topological polar surface area (TPSA) is 63.0 Å². The van der Waals surface area contributed by atoms with Crippen molar-refractivity contribution >= 4 is 17.4 Å². The second-order valence-corrected chi connectivity index (χ2v) is 7.92. The van der Waals surface area contributed by atoms with E-state index in [1.807, 2.05) is 74.1 Å². The predicted molar refractivity (Wildman–Crippen MR) is 108 cm³/mol. The molecule has 0 aromatic carbocycles. The first-order valence-corrected chi connectivity index (χ1v) is 9.53. The summed E-state index contributed by atoms with van der Waals surface area (Å²) in [5.74, 6) is 0.914. The molecule has 1 saturated heterocycles. The molecule has 0 saturated carbocycles. The first kappa shape index (κ1) is 18.3. The van der Waals surface area contributed by atoms with Crippen molar-refractivity contribution in [2.24, 2.45) is 0 Å². The largest absolute Gasteiger partial charge is 0.444 e. The van der Waals surface area contributed by atoms with Gasteiger partial charge in [-0.3, -0.25) is 0 Å². The normalized spacial score (nSPS) is 15.1. The minimum absolute atomic E-state index is 0.250. The van der Waals surface area contributed by atoms with Gasteiger partial charge in [0.05, 0.1) is 17.4 Å². The van der Waals surface area contributed by atoms with Gasteiger partial charge in [-0.25, -0.2) is 14.3 Å². The summed E-state index contributed by atoms with van der Waals surface area (Å²) < 4.78 is 7.32. The van der Waals surface area contributed by atoms with Crippen LogP contribution in [0.2, 0.25) is 0 Å². The number of hydrogen-bond donors (Lipinski definition) is 0. The molecule has 4 heterocycles. The van der Waals surface area contributed by atoms with Gasteiger partial charge in [0, 0.05) is 37.9 Å². The molecule has 0 aliphatic carbocycles. The van der Waals surface area contributed by atoms with Crippen molar-refractivity contribution in [2.75, 3.05) is 31.1 Å². The smallest absolute Gasteiger partial charge is 0.410 e. The van der Waals surface area contributed by atoms with Crippen molar-refractivity contribution in [3.63, 3.8) is 0 Å². The summed E-state index contributed by atoms with van der Waals surface area (Å²) in [6.45, 7) is 8.36. The van der Waals surface area contributed by atoms with Crippen molar-refractivity contribution in [1.29, 1.82) is 0 Å². The van der Waals surface area contributed by atoms with Crippen molar-refractivity contribution in [3.8, 4) is 11.3 Å². The fourth-order valence-electron chi connectivity index (χ4n) is 3.33. The summed E-state index contributed by atoms with van der Waals surface area (Å²) in [5.41, 5.74) is 2.46. The van der Waals surface area contributed by atoms with Gasteiger partial charge in [-0.1, -0.05) is 12.1 Å². The summed E-state index contributed by atoms with van der Waals surface area (Å²) in [5, 5.41) is 4.40. The number of nitrogens with zero attached hydrogens (tertiary/aromatic N) is 5. The van der Waals surface area contributed by atoms with Crippen LogP contribution in [0.4, 0.5) is 10.6 Å². The molecular formula is C21H25N5O2. The van der Waals surface area contributed by atoms with Crippen LogP contribution in [-0.4, -0.2) is 57.4 Å².